The fourth-order valence-electron chi connectivity index (χ4n) is 3.06. The third kappa shape index (κ3) is 3.29. The van der Waals surface area contributed by atoms with Gasteiger partial charge in [-0.25, -0.2) is 4.79 Å². The van der Waals surface area contributed by atoms with Crippen LogP contribution in [-0.2, 0) is 6.54 Å². The fraction of sp³-hybridized carbons (Fsp3) is 0.350. The summed E-state index contributed by atoms with van der Waals surface area (Å²) in [6.45, 7) is 9.01. The highest BCUT2D eigenvalue weighted by Crippen LogP contribution is 2.27. The first-order chi connectivity index (χ1) is 11.5. The van der Waals surface area contributed by atoms with Crippen LogP contribution in [0.1, 0.15) is 55.2 Å². The predicted molar refractivity (Wildman–Crippen MR) is 95.3 cm³/mol. The second-order valence-electron chi connectivity index (χ2n) is 6.57. The molecule has 0 aliphatic rings. The second-order valence-corrected chi connectivity index (χ2v) is 6.57. The Morgan fingerprint density at radius 3 is 2.62 bits per heavy atom. The van der Waals surface area contributed by atoms with Gasteiger partial charge in [0.1, 0.15) is 11.3 Å². The normalized spacial score (nSPS) is 12.9. The van der Waals surface area contributed by atoms with E-state index in [1.807, 2.05) is 25.1 Å². The summed E-state index contributed by atoms with van der Waals surface area (Å²) in [5, 5.41) is 4.40. The van der Waals surface area contributed by atoms with E-state index in [1.54, 1.807) is 12.3 Å². The molecule has 0 aliphatic carbocycles. The maximum atomic E-state index is 11.9. The highest BCUT2D eigenvalue weighted by Gasteiger charge is 2.13. The van der Waals surface area contributed by atoms with Crippen LogP contribution in [0.2, 0.25) is 0 Å². The number of hydrogen-bond acceptors (Lipinski definition) is 4. The Kier molecular flexibility index (Phi) is 4.58. The molecule has 126 valence electrons. The van der Waals surface area contributed by atoms with Crippen molar-refractivity contribution in [2.24, 2.45) is 0 Å². The van der Waals surface area contributed by atoms with E-state index >= 15 is 0 Å². The Labute approximate surface area is 141 Å². The SMILES string of the molecule is Cc1cc2oc(=O)cc(CN[C@H](C)c3ccco3)c2cc1C(C)C. The summed E-state index contributed by atoms with van der Waals surface area (Å²) >= 11 is 0. The molecule has 1 N–H and O–H groups in total. The lowest BCUT2D eigenvalue weighted by molar-refractivity contribution is 0.430. The van der Waals surface area contributed by atoms with Crippen LogP contribution < -0.4 is 10.9 Å². The number of fused-ring (bicyclic) bond motifs is 1. The molecule has 3 rings (SSSR count). The van der Waals surface area contributed by atoms with Crippen molar-refractivity contribution in [3.05, 3.63) is 69.5 Å². The fourth-order valence-corrected chi connectivity index (χ4v) is 3.06. The van der Waals surface area contributed by atoms with Gasteiger partial charge in [-0.1, -0.05) is 13.8 Å². The number of aryl methyl sites for hydroxylation is 1. The van der Waals surface area contributed by atoms with Crippen LogP contribution in [0.3, 0.4) is 0 Å². The number of benzene rings is 1. The van der Waals surface area contributed by atoms with Crippen molar-refractivity contribution >= 4 is 11.0 Å². The standard InChI is InChI=1S/C20H23NO3/c1-12(2)16-10-17-15(9-20(22)24-19(17)8-13(16)3)11-21-14(4)18-6-5-7-23-18/h5-10,12,14,21H,11H2,1-4H3/t14-/m1/s1. The monoisotopic (exact) mass is 325 g/mol. The van der Waals surface area contributed by atoms with Crippen LogP contribution in [-0.4, -0.2) is 0 Å². The van der Waals surface area contributed by atoms with Crippen molar-refractivity contribution in [2.45, 2.75) is 46.2 Å². The lowest BCUT2D eigenvalue weighted by atomic mass is 9.95. The van der Waals surface area contributed by atoms with Crippen LogP contribution in [0.4, 0.5) is 0 Å². The number of rotatable bonds is 5. The third-order valence-electron chi connectivity index (χ3n) is 4.41. The van der Waals surface area contributed by atoms with Gasteiger partial charge >= 0.3 is 5.63 Å². The summed E-state index contributed by atoms with van der Waals surface area (Å²) in [5.41, 5.74) is 3.70. The smallest absolute Gasteiger partial charge is 0.336 e. The summed E-state index contributed by atoms with van der Waals surface area (Å²) < 4.78 is 10.8. The van der Waals surface area contributed by atoms with Crippen LogP contribution in [0.25, 0.3) is 11.0 Å². The minimum atomic E-state index is -0.318. The van der Waals surface area contributed by atoms with E-state index < -0.39 is 0 Å². The average molecular weight is 325 g/mol. The minimum Gasteiger partial charge on any atom is -0.468 e. The molecule has 4 nitrogen and oxygen atoms in total. The molecule has 3 aromatic rings. The number of hydrogen-bond donors (Lipinski definition) is 1. The Balaban J connectivity index is 1.97. The highest BCUT2D eigenvalue weighted by atomic mass is 16.4. The Morgan fingerprint density at radius 1 is 1.17 bits per heavy atom. The molecule has 1 aromatic carbocycles. The van der Waals surface area contributed by atoms with Crippen molar-refractivity contribution < 1.29 is 8.83 Å². The van der Waals surface area contributed by atoms with Gasteiger partial charge in [0.15, 0.2) is 0 Å². The number of nitrogens with one attached hydrogen (secondary N) is 1. The zero-order valence-electron chi connectivity index (χ0n) is 14.6. The van der Waals surface area contributed by atoms with Gasteiger partial charge in [-0.15, -0.1) is 0 Å². The first-order valence-electron chi connectivity index (χ1n) is 8.29. The lowest BCUT2D eigenvalue weighted by Gasteiger charge is -2.15. The van der Waals surface area contributed by atoms with Gasteiger partial charge in [0.05, 0.1) is 12.3 Å². The van der Waals surface area contributed by atoms with Gasteiger partial charge in [0.2, 0.25) is 0 Å². The molecule has 0 bridgehead atoms. The zero-order valence-corrected chi connectivity index (χ0v) is 14.6. The molecule has 4 heteroatoms. The lowest BCUT2D eigenvalue weighted by Crippen LogP contribution is -2.18. The predicted octanol–water partition coefficient (Wildman–Crippen LogP) is 4.67. The van der Waals surface area contributed by atoms with Crippen molar-refractivity contribution in [3.8, 4) is 0 Å². The summed E-state index contributed by atoms with van der Waals surface area (Å²) in [6, 6.07) is 9.56. The molecule has 2 heterocycles. The molecule has 2 aromatic heterocycles. The van der Waals surface area contributed by atoms with Crippen molar-refractivity contribution in [1.29, 1.82) is 0 Å². The Morgan fingerprint density at radius 2 is 1.96 bits per heavy atom. The maximum Gasteiger partial charge on any atom is 0.336 e. The van der Waals surface area contributed by atoms with E-state index in [9.17, 15) is 4.79 Å². The van der Waals surface area contributed by atoms with Crippen molar-refractivity contribution in [2.75, 3.05) is 0 Å². The minimum absolute atomic E-state index is 0.0670. The van der Waals surface area contributed by atoms with E-state index in [4.69, 9.17) is 8.83 Å². The summed E-state index contributed by atoms with van der Waals surface area (Å²) in [6.07, 6.45) is 1.66. The molecule has 0 fully saturated rings. The van der Waals surface area contributed by atoms with Gasteiger partial charge in [0, 0.05) is 18.0 Å². The van der Waals surface area contributed by atoms with Crippen LogP contribution in [0.15, 0.2) is 50.2 Å². The molecule has 24 heavy (non-hydrogen) atoms. The molecule has 0 saturated carbocycles. The molecular formula is C20H23NO3. The van der Waals surface area contributed by atoms with E-state index in [-0.39, 0.29) is 11.7 Å². The van der Waals surface area contributed by atoms with E-state index in [0.29, 0.717) is 18.0 Å². The van der Waals surface area contributed by atoms with Gasteiger partial charge in [-0.3, -0.25) is 0 Å². The van der Waals surface area contributed by atoms with Crippen molar-refractivity contribution in [1.82, 2.24) is 5.32 Å². The zero-order chi connectivity index (χ0) is 17.3. The topological polar surface area (TPSA) is 55.4 Å². The Hall–Kier alpha value is -2.33. The molecule has 0 saturated heterocycles. The van der Waals surface area contributed by atoms with E-state index in [2.05, 4.69) is 32.2 Å². The first-order valence-corrected chi connectivity index (χ1v) is 8.29. The summed E-state index contributed by atoms with van der Waals surface area (Å²) in [5.74, 6) is 1.30. The molecule has 1 atom stereocenters. The molecular weight excluding hydrogens is 302 g/mol. The van der Waals surface area contributed by atoms with E-state index in [1.165, 1.54) is 5.56 Å². The van der Waals surface area contributed by atoms with Crippen LogP contribution in [0.5, 0.6) is 0 Å². The Bertz CT molecular complexity index is 891. The highest BCUT2D eigenvalue weighted by molar-refractivity contribution is 5.82. The van der Waals surface area contributed by atoms with Crippen molar-refractivity contribution in [3.63, 3.8) is 0 Å². The number of furan rings is 1. The molecule has 0 amide bonds. The molecule has 0 spiro atoms. The van der Waals surface area contributed by atoms with Gasteiger partial charge < -0.3 is 14.2 Å². The second kappa shape index (κ2) is 6.65. The molecule has 0 unspecified atom stereocenters. The van der Waals surface area contributed by atoms with Gasteiger partial charge in [-0.05, 0) is 60.7 Å². The van der Waals surface area contributed by atoms with Gasteiger partial charge in [0.25, 0.3) is 0 Å². The average Bonchev–Trinajstić information content (AvgIpc) is 3.05. The van der Waals surface area contributed by atoms with Gasteiger partial charge in [-0.2, -0.15) is 0 Å². The third-order valence-corrected chi connectivity index (χ3v) is 4.41. The summed E-state index contributed by atoms with van der Waals surface area (Å²) in [7, 11) is 0. The largest absolute Gasteiger partial charge is 0.468 e. The van der Waals surface area contributed by atoms with Crippen LogP contribution >= 0.6 is 0 Å². The quantitative estimate of drug-likeness (QED) is 0.693. The first kappa shape index (κ1) is 16.5. The molecule has 0 aliphatic heterocycles. The summed E-state index contributed by atoms with van der Waals surface area (Å²) in [4.78, 5) is 11.9. The molecule has 0 radical (unpaired) electrons. The van der Waals surface area contributed by atoms with Crippen LogP contribution in [0, 0.1) is 6.92 Å². The van der Waals surface area contributed by atoms with E-state index in [0.717, 1.165) is 22.3 Å². The maximum absolute atomic E-state index is 11.9.